The number of hydrogen-bond donors (Lipinski definition) is 1. The van der Waals surface area contributed by atoms with Gasteiger partial charge in [0.15, 0.2) is 5.13 Å². The monoisotopic (exact) mass is 347 g/mol. The van der Waals surface area contributed by atoms with E-state index >= 15 is 0 Å². The van der Waals surface area contributed by atoms with Gasteiger partial charge in [-0.2, -0.15) is 0 Å². The second-order valence-electron chi connectivity index (χ2n) is 5.51. The SMILES string of the molecule is O=C(N[C@@H]1CCN(c2nccs2)C1)c1cc2cc(F)ccc2s1. The van der Waals surface area contributed by atoms with E-state index in [2.05, 4.69) is 15.2 Å². The van der Waals surface area contributed by atoms with Crippen LogP contribution in [0, 0.1) is 5.82 Å². The molecule has 4 rings (SSSR count). The van der Waals surface area contributed by atoms with E-state index in [1.54, 1.807) is 29.7 Å². The maximum absolute atomic E-state index is 13.2. The Kier molecular flexibility index (Phi) is 3.74. The van der Waals surface area contributed by atoms with E-state index in [4.69, 9.17) is 0 Å². The molecule has 3 heterocycles. The predicted octanol–water partition coefficient (Wildman–Crippen LogP) is 3.51. The Labute approximate surface area is 140 Å². The molecule has 1 aliphatic heterocycles. The lowest BCUT2D eigenvalue weighted by Crippen LogP contribution is -2.36. The minimum absolute atomic E-state index is 0.0856. The summed E-state index contributed by atoms with van der Waals surface area (Å²) in [5, 5.41) is 6.80. The number of benzene rings is 1. The quantitative estimate of drug-likeness (QED) is 0.789. The number of carbonyl (C=O) groups excluding carboxylic acids is 1. The number of amides is 1. The zero-order valence-corrected chi connectivity index (χ0v) is 13.8. The van der Waals surface area contributed by atoms with Crippen molar-refractivity contribution in [2.24, 2.45) is 0 Å². The predicted molar refractivity (Wildman–Crippen MR) is 92.0 cm³/mol. The van der Waals surface area contributed by atoms with Gasteiger partial charge in [0.1, 0.15) is 5.82 Å². The van der Waals surface area contributed by atoms with Gasteiger partial charge in [-0.15, -0.1) is 22.7 Å². The fraction of sp³-hybridized carbons (Fsp3) is 0.250. The minimum Gasteiger partial charge on any atom is -0.347 e. The third-order valence-corrected chi connectivity index (χ3v) is 5.86. The number of fused-ring (bicyclic) bond motifs is 1. The first-order valence-corrected chi connectivity index (χ1v) is 9.03. The van der Waals surface area contributed by atoms with Crippen molar-refractivity contribution >= 4 is 43.8 Å². The lowest BCUT2D eigenvalue weighted by atomic mass is 10.2. The lowest BCUT2D eigenvalue weighted by Gasteiger charge is -2.15. The van der Waals surface area contributed by atoms with Crippen LogP contribution < -0.4 is 10.2 Å². The van der Waals surface area contributed by atoms with Gasteiger partial charge in [-0.05, 0) is 36.1 Å². The Morgan fingerprint density at radius 3 is 3.13 bits per heavy atom. The van der Waals surface area contributed by atoms with Crippen LogP contribution in [-0.4, -0.2) is 30.0 Å². The topological polar surface area (TPSA) is 45.2 Å². The molecule has 1 atom stereocenters. The molecule has 1 aromatic carbocycles. The van der Waals surface area contributed by atoms with Gasteiger partial charge in [0, 0.05) is 35.4 Å². The van der Waals surface area contributed by atoms with Crippen LogP contribution in [0.5, 0.6) is 0 Å². The molecule has 0 aliphatic carbocycles. The molecule has 7 heteroatoms. The molecule has 1 fully saturated rings. The normalized spacial score (nSPS) is 17.8. The number of thiophene rings is 1. The van der Waals surface area contributed by atoms with E-state index in [0.29, 0.717) is 4.88 Å². The molecule has 3 aromatic rings. The van der Waals surface area contributed by atoms with Crippen LogP contribution in [0.15, 0.2) is 35.8 Å². The molecular weight excluding hydrogens is 333 g/mol. The molecule has 0 spiro atoms. The van der Waals surface area contributed by atoms with Gasteiger partial charge in [0.25, 0.3) is 5.91 Å². The van der Waals surface area contributed by atoms with Crippen molar-refractivity contribution in [1.82, 2.24) is 10.3 Å². The average molecular weight is 347 g/mol. The first kappa shape index (κ1) is 14.6. The molecule has 1 N–H and O–H groups in total. The Bertz CT molecular complexity index is 846. The third-order valence-electron chi connectivity index (χ3n) is 3.92. The molecule has 0 radical (unpaired) electrons. The summed E-state index contributed by atoms with van der Waals surface area (Å²) in [7, 11) is 0. The van der Waals surface area contributed by atoms with Crippen LogP contribution in [0.3, 0.4) is 0 Å². The third kappa shape index (κ3) is 2.94. The highest BCUT2D eigenvalue weighted by molar-refractivity contribution is 7.20. The highest BCUT2D eigenvalue weighted by Gasteiger charge is 2.26. The molecule has 1 amide bonds. The van der Waals surface area contributed by atoms with Crippen LogP contribution in [0.4, 0.5) is 9.52 Å². The summed E-state index contributed by atoms with van der Waals surface area (Å²) in [5.74, 6) is -0.366. The molecule has 1 aliphatic rings. The summed E-state index contributed by atoms with van der Waals surface area (Å²) in [5.41, 5.74) is 0. The number of halogens is 1. The average Bonchev–Trinajstić information content (AvgIpc) is 3.26. The number of nitrogens with one attached hydrogen (secondary N) is 1. The highest BCUT2D eigenvalue weighted by atomic mass is 32.1. The molecule has 118 valence electrons. The Balaban J connectivity index is 1.45. The number of thiazole rings is 1. The lowest BCUT2D eigenvalue weighted by molar-refractivity contribution is 0.0944. The largest absolute Gasteiger partial charge is 0.347 e. The van der Waals surface area contributed by atoms with Gasteiger partial charge in [-0.3, -0.25) is 4.79 Å². The van der Waals surface area contributed by atoms with Crippen molar-refractivity contribution in [2.45, 2.75) is 12.5 Å². The molecule has 0 bridgehead atoms. The molecule has 0 saturated carbocycles. The highest BCUT2D eigenvalue weighted by Crippen LogP contribution is 2.27. The zero-order chi connectivity index (χ0) is 15.8. The summed E-state index contributed by atoms with van der Waals surface area (Å²) >= 11 is 3.00. The molecule has 4 nitrogen and oxygen atoms in total. The van der Waals surface area contributed by atoms with E-state index in [1.165, 1.54) is 23.5 Å². The molecule has 2 aromatic heterocycles. The summed E-state index contributed by atoms with van der Waals surface area (Å²) in [6.07, 6.45) is 2.70. The Hall–Kier alpha value is -1.99. The number of hydrogen-bond acceptors (Lipinski definition) is 5. The molecule has 0 unspecified atom stereocenters. The fourth-order valence-corrected chi connectivity index (χ4v) is 4.43. The second kappa shape index (κ2) is 5.90. The van der Waals surface area contributed by atoms with E-state index < -0.39 is 0 Å². The van der Waals surface area contributed by atoms with Crippen LogP contribution in [-0.2, 0) is 0 Å². The minimum atomic E-state index is -0.280. The van der Waals surface area contributed by atoms with Crippen molar-refractivity contribution in [3.8, 4) is 0 Å². The number of rotatable bonds is 3. The van der Waals surface area contributed by atoms with Crippen molar-refractivity contribution in [1.29, 1.82) is 0 Å². The van der Waals surface area contributed by atoms with Crippen molar-refractivity contribution in [3.63, 3.8) is 0 Å². The van der Waals surface area contributed by atoms with E-state index in [9.17, 15) is 9.18 Å². The van der Waals surface area contributed by atoms with Crippen molar-refractivity contribution in [3.05, 3.63) is 46.5 Å². The van der Waals surface area contributed by atoms with Gasteiger partial charge in [-0.25, -0.2) is 9.37 Å². The van der Waals surface area contributed by atoms with Gasteiger partial charge in [0.2, 0.25) is 0 Å². The van der Waals surface area contributed by atoms with Crippen LogP contribution >= 0.6 is 22.7 Å². The van der Waals surface area contributed by atoms with Gasteiger partial charge in [-0.1, -0.05) is 0 Å². The zero-order valence-electron chi connectivity index (χ0n) is 12.2. The summed E-state index contributed by atoms with van der Waals surface area (Å²) in [6, 6.07) is 6.47. The molecule has 23 heavy (non-hydrogen) atoms. The summed E-state index contributed by atoms with van der Waals surface area (Å²) in [6.45, 7) is 1.68. The standard InChI is InChI=1S/C16H14FN3OS2/c17-11-1-2-13-10(7-11)8-14(23-13)15(21)19-12-3-5-20(9-12)16-18-4-6-22-16/h1-2,4,6-8,12H,3,5,9H2,(H,19,21)/t12-/m1/s1. The maximum atomic E-state index is 13.2. The van der Waals surface area contributed by atoms with Gasteiger partial charge < -0.3 is 10.2 Å². The first-order valence-electron chi connectivity index (χ1n) is 7.33. The van der Waals surface area contributed by atoms with Crippen molar-refractivity contribution in [2.75, 3.05) is 18.0 Å². The smallest absolute Gasteiger partial charge is 0.261 e. The Morgan fingerprint density at radius 2 is 2.30 bits per heavy atom. The van der Waals surface area contributed by atoms with Crippen molar-refractivity contribution < 1.29 is 9.18 Å². The summed E-state index contributed by atoms with van der Waals surface area (Å²) < 4.78 is 14.2. The fourth-order valence-electron chi connectivity index (χ4n) is 2.81. The Morgan fingerprint density at radius 1 is 1.39 bits per heavy atom. The van der Waals surface area contributed by atoms with Crippen LogP contribution in [0.2, 0.25) is 0 Å². The number of nitrogens with zero attached hydrogens (tertiary/aromatic N) is 2. The van der Waals surface area contributed by atoms with E-state index in [0.717, 1.165) is 34.7 Å². The van der Waals surface area contributed by atoms with E-state index in [1.807, 2.05) is 5.38 Å². The number of aromatic nitrogens is 1. The molecule has 1 saturated heterocycles. The van der Waals surface area contributed by atoms with Gasteiger partial charge in [0.05, 0.1) is 4.88 Å². The second-order valence-corrected chi connectivity index (χ2v) is 7.47. The molecular formula is C16H14FN3OS2. The van der Waals surface area contributed by atoms with Crippen LogP contribution in [0.25, 0.3) is 10.1 Å². The maximum Gasteiger partial charge on any atom is 0.261 e. The van der Waals surface area contributed by atoms with Gasteiger partial charge >= 0.3 is 0 Å². The van der Waals surface area contributed by atoms with E-state index in [-0.39, 0.29) is 17.8 Å². The summed E-state index contributed by atoms with van der Waals surface area (Å²) in [4.78, 5) is 19.5. The number of anilines is 1. The first-order chi connectivity index (χ1) is 11.2. The van der Waals surface area contributed by atoms with Crippen LogP contribution in [0.1, 0.15) is 16.1 Å². The number of carbonyl (C=O) groups is 1.